The van der Waals surface area contributed by atoms with E-state index in [9.17, 15) is 0 Å². The molecular weight excluding hydrogens is 216 g/mol. The van der Waals surface area contributed by atoms with E-state index < -0.39 is 0 Å². The van der Waals surface area contributed by atoms with Gasteiger partial charge in [-0.1, -0.05) is 31.4 Å². The molecule has 1 aromatic carbocycles. The monoisotopic (exact) mass is 236 g/mol. The maximum atomic E-state index is 5.77. The van der Waals surface area contributed by atoms with Crippen molar-refractivity contribution < 1.29 is 4.74 Å². The SMILES string of the molecule is Sc1ccc(COCC2CCCCC2)cc1. The molecule has 0 aliphatic heterocycles. The van der Waals surface area contributed by atoms with Crippen LogP contribution in [0.4, 0.5) is 0 Å². The molecule has 1 nitrogen and oxygen atoms in total. The molecule has 0 N–H and O–H groups in total. The summed E-state index contributed by atoms with van der Waals surface area (Å²) in [6.45, 7) is 1.67. The van der Waals surface area contributed by atoms with Crippen molar-refractivity contribution >= 4 is 12.6 Å². The van der Waals surface area contributed by atoms with Crippen LogP contribution in [-0.4, -0.2) is 6.61 Å². The minimum absolute atomic E-state index is 0.741. The van der Waals surface area contributed by atoms with Crippen LogP contribution in [0.2, 0.25) is 0 Å². The lowest BCUT2D eigenvalue weighted by Crippen LogP contribution is -2.13. The molecule has 1 aliphatic carbocycles. The zero-order chi connectivity index (χ0) is 11.2. The van der Waals surface area contributed by atoms with Crippen LogP contribution in [0.25, 0.3) is 0 Å². The molecule has 2 rings (SSSR count). The summed E-state index contributed by atoms with van der Waals surface area (Å²) in [7, 11) is 0. The Balaban J connectivity index is 1.69. The Kier molecular flexibility index (Phi) is 4.73. The molecule has 0 bridgehead atoms. The van der Waals surface area contributed by atoms with Crippen molar-refractivity contribution in [3.8, 4) is 0 Å². The molecule has 0 atom stereocenters. The normalized spacial score (nSPS) is 17.6. The number of hydrogen-bond acceptors (Lipinski definition) is 2. The quantitative estimate of drug-likeness (QED) is 0.775. The molecule has 1 fully saturated rings. The first-order valence-electron chi connectivity index (χ1n) is 6.20. The average molecular weight is 236 g/mol. The van der Waals surface area contributed by atoms with E-state index in [4.69, 9.17) is 4.74 Å². The molecule has 1 aromatic rings. The van der Waals surface area contributed by atoms with Gasteiger partial charge in [0.25, 0.3) is 0 Å². The van der Waals surface area contributed by atoms with Crippen molar-refractivity contribution in [2.75, 3.05) is 6.61 Å². The maximum absolute atomic E-state index is 5.77. The van der Waals surface area contributed by atoms with Crippen molar-refractivity contribution in [1.82, 2.24) is 0 Å². The highest BCUT2D eigenvalue weighted by Crippen LogP contribution is 2.24. The standard InChI is InChI=1S/C14H20OS/c16-14-8-6-13(7-9-14)11-15-10-12-4-2-1-3-5-12/h6-9,12,16H,1-5,10-11H2. The van der Waals surface area contributed by atoms with Crippen LogP contribution in [0, 0.1) is 5.92 Å². The van der Waals surface area contributed by atoms with Crippen LogP contribution in [0.3, 0.4) is 0 Å². The summed E-state index contributed by atoms with van der Waals surface area (Å²) >= 11 is 4.26. The third kappa shape index (κ3) is 3.84. The average Bonchev–Trinajstić information content (AvgIpc) is 2.33. The van der Waals surface area contributed by atoms with Gasteiger partial charge in [0.05, 0.1) is 6.61 Å². The minimum Gasteiger partial charge on any atom is -0.376 e. The van der Waals surface area contributed by atoms with Gasteiger partial charge in [-0.3, -0.25) is 0 Å². The molecule has 0 unspecified atom stereocenters. The fraction of sp³-hybridized carbons (Fsp3) is 0.571. The molecule has 88 valence electrons. The van der Waals surface area contributed by atoms with E-state index in [-0.39, 0.29) is 0 Å². The molecule has 1 saturated carbocycles. The molecule has 0 radical (unpaired) electrons. The number of benzene rings is 1. The van der Waals surface area contributed by atoms with Gasteiger partial charge in [0.15, 0.2) is 0 Å². The van der Waals surface area contributed by atoms with Gasteiger partial charge in [-0.15, -0.1) is 12.6 Å². The molecule has 16 heavy (non-hydrogen) atoms. The van der Waals surface area contributed by atoms with Gasteiger partial charge in [0, 0.05) is 11.5 Å². The van der Waals surface area contributed by atoms with Gasteiger partial charge in [0.2, 0.25) is 0 Å². The second-order valence-electron chi connectivity index (χ2n) is 4.69. The predicted octanol–water partition coefficient (Wildman–Crippen LogP) is 4.07. The molecule has 0 saturated heterocycles. The molecule has 1 aliphatic rings. The van der Waals surface area contributed by atoms with Crippen LogP contribution < -0.4 is 0 Å². The Hall–Kier alpha value is -0.470. The Morgan fingerprint density at radius 1 is 1.06 bits per heavy atom. The summed E-state index contributed by atoms with van der Waals surface area (Å²) in [5.41, 5.74) is 1.24. The van der Waals surface area contributed by atoms with Crippen LogP contribution >= 0.6 is 12.6 Å². The summed E-state index contributed by atoms with van der Waals surface area (Å²) in [5, 5.41) is 0. The number of ether oxygens (including phenoxy) is 1. The highest BCUT2D eigenvalue weighted by atomic mass is 32.1. The molecule has 0 spiro atoms. The third-order valence-electron chi connectivity index (χ3n) is 3.28. The molecule has 0 aromatic heterocycles. The Labute approximate surface area is 104 Å². The first-order chi connectivity index (χ1) is 7.84. The predicted molar refractivity (Wildman–Crippen MR) is 69.9 cm³/mol. The van der Waals surface area contributed by atoms with E-state index in [2.05, 4.69) is 24.8 Å². The van der Waals surface area contributed by atoms with Crippen LogP contribution in [0.1, 0.15) is 37.7 Å². The summed E-state index contributed by atoms with van der Waals surface area (Å²) in [5.74, 6) is 0.804. The first-order valence-corrected chi connectivity index (χ1v) is 6.65. The van der Waals surface area contributed by atoms with Gasteiger partial charge in [-0.25, -0.2) is 0 Å². The summed E-state index contributed by atoms with van der Waals surface area (Å²) in [4.78, 5) is 1.01. The second kappa shape index (κ2) is 6.31. The Bertz CT molecular complexity index is 301. The largest absolute Gasteiger partial charge is 0.376 e. The molecule has 0 heterocycles. The van der Waals surface area contributed by atoms with Gasteiger partial charge in [-0.2, -0.15) is 0 Å². The lowest BCUT2D eigenvalue weighted by Gasteiger charge is -2.21. The highest BCUT2D eigenvalue weighted by molar-refractivity contribution is 7.80. The smallest absolute Gasteiger partial charge is 0.0717 e. The highest BCUT2D eigenvalue weighted by Gasteiger charge is 2.12. The van der Waals surface area contributed by atoms with E-state index in [0.717, 1.165) is 24.0 Å². The van der Waals surface area contributed by atoms with E-state index in [1.54, 1.807) is 0 Å². The molecular formula is C14H20OS. The summed E-state index contributed by atoms with van der Waals surface area (Å²) in [6, 6.07) is 8.21. The van der Waals surface area contributed by atoms with Gasteiger partial charge >= 0.3 is 0 Å². The zero-order valence-electron chi connectivity index (χ0n) is 9.69. The summed E-state index contributed by atoms with van der Waals surface area (Å²) in [6.07, 6.45) is 6.91. The van der Waals surface area contributed by atoms with Gasteiger partial charge in [0.1, 0.15) is 0 Å². The lowest BCUT2D eigenvalue weighted by atomic mass is 9.90. The number of hydrogen-bond donors (Lipinski definition) is 1. The zero-order valence-corrected chi connectivity index (χ0v) is 10.6. The minimum atomic E-state index is 0.741. The fourth-order valence-corrected chi connectivity index (χ4v) is 2.44. The number of thiol groups is 1. The van der Waals surface area contributed by atoms with Crippen molar-refractivity contribution in [2.45, 2.75) is 43.6 Å². The van der Waals surface area contributed by atoms with E-state index >= 15 is 0 Å². The topological polar surface area (TPSA) is 9.23 Å². The van der Waals surface area contributed by atoms with E-state index in [0.29, 0.717) is 0 Å². The Morgan fingerprint density at radius 2 is 1.75 bits per heavy atom. The second-order valence-corrected chi connectivity index (χ2v) is 5.20. The fourth-order valence-electron chi connectivity index (χ4n) is 2.29. The van der Waals surface area contributed by atoms with Crippen molar-refractivity contribution in [2.24, 2.45) is 5.92 Å². The van der Waals surface area contributed by atoms with Crippen molar-refractivity contribution in [3.05, 3.63) is 29.8 Å². The van der Waals surface area contributed by atoms with Crippen LogP contribution in [0.5, 0.6) is 0 Å². The van der Waals surface area contributed by atoms with Gasteiger partial charge < -0.3 is 4.74 Å². The molecule has 2 heteroatoms. The molecule has 0 amide bonds. The van der Waals surface area contributed by atoms with Gasteiger partial charge in [-0.05, 0) is 36.5 Å². The lowest BCUT2D eigenvalue weighted by molar-refractivity contribution is 0.0739. The van der Waals surface area contributed by atoms with Crippen LogP contribution in [-0.2, 0) is 11.3 Å². The number of rotatable bonds is 4. The van der Waals surface area contributed by atoms with Crippen molar-refractivity contribution in [3.63, 3.8) is 0 Å². The maximum Gasteiger partial charge on any atom is 0.0717 e. The Morgan fingerprint density at radius 3 is 2.44 bits per heavy atom. The summed E-state index contributed by atoms with van der Waals surface area (Å²) < 4.78 is 5.77. The first kappa shape index (κ1) is 12.0. The van der Waals surface area contributed by atoms with Crippen molar-refractivity contribution in [1.29, 1.82) is 0 Å². The van der Waals surface area contributed by atoms with E-state index in [1.807, 2.05) is 12.1 Å². The third-order valence-corrected chi connectivity index (χ3v) is 3.58. The van der Waals surface area contributed by atoms with Crippen LogP contribution in [0.15, 0.2) is 29.2 Å². The van der Waals surface area contributed by atoms with E-state index in [1.165, 1.54) is 37.7 Å².